The summed E-state index contributed by atoms with van der Waals surface area (Å²) >= 11 is 1.53. The normalized spacial score (nSPS) is 11.4. The number of carbonyl (C=O) groups excluding carboxylic acids is 2. The minimum Gasteiger partial charge on any atom is -0.480 e. The SMILES string of the molecule is CC(NC(=O)NCC(=O)NCC(=O)O)c1ccsc1. The molecule has 0 fully saturated rings. The molecule has 1 atom stereocenters. The number of thiophene rings is 1. The van der Waals surface area contributed by atoms with Crippen LogP contribution >= 0.6 is 11.3 Å². The first-order valence-electron chi connectivity index (χ1n) is 5.54. The van der Waals surface area contributed by atoms with Crippen LogP contribution in [0.2, 0.25) is 0 Å². The number of aliphatic carboxylic acids is 1. The summed E-state index contributed by atoms with van der Waals surface area (Å²) in [6.07, 6.45) is 0. The Morgan fingerprint density at radius 2 is 2.05 bits per heavy atom. The Kier molecular flexibility index (Phi) is 5.80. The van der Waals surface area contributed by atoms with Crippen molar-refractivity contribution in [2.24, 2.45) is 0 Å². The average molecular weight is 285 g/mol. The maximum absolute atomic E-state index is 11.5. The lowest BCUT2D eigenvalue weighted by Crippen LogP contribution is -2.43. The van der Waals surface area contributed by atoms with Gasteiger partial charge in [-0.05, 0) is 29.3 Å². The lowest BCUT2D eigenvalue weighted by atomic mass is 10.2. The van der Waals surface area contributed by atoms with Crippen molar-refractivity contribution in [2.75, 3.05) is 13.1 Å². The summed E-state index contributed by atoms with van der Waals surface area (Å²) in [5, 5.41) is 19.3. The molecule has 1 heterocycles. The van der Waals surface area contributed by atoms with Crippen LogP contribution in [0.4, 0.5) is 4.79 Å². The molecule has 0 aliphatic rings. The average Bonchev–Trinajstić information content (AvgIpc) is 2.87. The van der Waals surface area contributed by atoms with Crippen LogP contribution in [-0.2, 0) is 9.59 Å². The van der Waals surface area contributed by atoms with Crippen LogP contribution in [0, 0.1) is 0 Å². The van der Waals surface area contributed by atoms with Gasteiger partial charge in [0, 0.05) is 0 Å². The van der Waals surface area contributed by atoms with E-state index in [9.17, 15) is 14.4 Å². The van der Waals surface area contributed by atoms with E-state index in [1.807, 2.05) is 23.8 Å². The molecular formula is C11H15N3O4S. The van der Waals surface area contributed by atoms with Gasteiger partial charge in [-0.15, -0.1) is 0 Å². The summed E-state index contributed by atoms with van der Waals surface area (Å²) in [4.78, 5) is 32.8. The van der Waals surface area contributed by atoms with Crippen LogP contribution in [0.25, 0.3) is 0 Å². The van der Waals surface area contributed by atoms with Gasteiger partial charge < -0.3 is 21.1 Å². The highest BCUT2D eigenvalue weighted by atomic mass is 32.1. The molecule has 0 saturated carbocycles. The van der Waals surface area contributed by atoms with Gasteiger partial charge in [0.15, 0.2) is 0 Å². The van der Waals surface area contributed by atoms with E-state index in [1.165, 1.54) is 11.3 Å². The van der Waals surface area contributed by atoms with Gasteiger partial charge in [0.25, 0.3) is 0 Å². The Labute approximate surface area is 114 Å². The number of carboxylic acids is 1. The van der Waals surface area contributed by atoms with E-state index >= 15 is 0 Å². The number of carboxylic acid groups (broad SMARTS) is 1. The molecule has 0 aliphatic heterocycles. The van der Waals surface area contributed by atoms with Gasteiger partial charge in [-0.25, -0.2) is 4.79 Å². The number of rotatable bonds is 6. The fraction of sp³-hybridized carbons (Fsp3) is 0.364. The fourth-order valence-corrected chi connectivity index (χ4v) is 2.00. The molecular weight excluding hydrogens is 270 g/mol. The second-order valence-corrected chi connectivity index (χ2v) is 4.56. The van der Waals surface area contributed by atoms with Gasteiger partial charge in [0.1, 0.15) is 6.54 Å². The molecule has 1 rings (SSSR count). The maximum atomic E-state index is 11.5. The number of hydrogen-bond donors (Lipinski definition) is 4. The number of urea groups is 1. The molecule has 1 unspecified atom stereocenters. The van der Waals surface area contributed by atoms with Crippen LogP contribution < -0.4 is 16.0 Å². The van der Waals surface area contributed by atoms with Gasteiger partial charge >= 0.3 is 12.0 Å². The van der Waals surface area contributed by atoms with E-state index < -0.39 is 24.5 Å². The van der Waals surface area contributed by atoms with Crippen LogP contribution in [0.3, 0.4) is 0 Å². The standard InChI is InChI=1S/C11H15N3O4S/c1-7(8-2-3-19-6-8)14-11(18)13-4-9(15)12-5-10(16)17/h2-3,6-7H,4-5H2,1H3,(H,12,15)(H,16,17)(H2,13,14,18). The zero-order chi connectivity index (χ0) is 14.3. The minimum atomic E-state index is -1.14. The third kappa shape index (κ3) is 5.87. The van der Waals surface area contributed by atoms with Crippen LogP contribution in [0.5, 0.6) is 0 Å². The number of hydrogen-bond acceptors (Lipinski definition) is 4. The highest BCUT2D eigenvalue weighted by Gasteiger charge is 2.10. The van der Waals surface area contributed by atoms with Crippen molar-refractivity contribution in [3.05, 3.63) is 22.4 Å². The first-order valence-corrected chi connectivity index (χ1v) is 6.48. The summed E-state index contributed by atoms with van der Waals surface area (Å²) in [5.41, 5.74) is 0.982. The zero-order valence-electron chi connectivity index (χ0n) is 10.3. The van der Waals surface area contributed by atoms with Gasteiger partial charge in [-0.2, -0.15) is 11.3 Å². The van der Waals surface area contributed by atoms with Crippen molar-refractivity contribution in [1.29, 1.82) is 0 Å². The van der Waals surface area contributed by atoms with Crippen LogP contribution in [0.1, 0.15) is 18.5 Å². The molecule has 0 saturated heterocycles. The smallest absolute Gasteiger partial charge is 0.322 e. The summed E-state index contributed by atoms with van der Waals surface area (Å²) in [6, 6.07) is 1.26. The highest BCUT2D eigenvalue weighted by molar-refractivity contribution is 7.07. The number of nitrogens with one attached hydrogen (secondary N) is 3. The molecule has 8 heteroatoms. The van der Waals surface area contributed by atoms with Crippen LogP contribution in [-0.4, -0.2) is 36.1 Å². The van der Waals surface area contributed by atoms with Crippen molar-refractivity contribution in [2.45, 2.75) is 13.0 Å². The molecule has 1 aromatic heterocycles. The lowest BCUT2D eigenvalue weighted by Gasteiger charge is -2.13. The highest BCUT2D eigenvalue weighted by Crippen LogP contribution is 2.14. The summed E-state index contributed by atoms with van der Waals surface area (Å²) in [6.45, 7) is 1.09. The van der Waals surface area contributed by atoms with E-state index in [4.69, 9.17) is 5.11 Å². The van der Waals surface area contributed by atoms with Gasteiger partial charge in [-0.1, -0.05) is 0 Å². The molecule has 7 nitrogen and oxygen atoms in total. The molecule has 0 aliphatic carbocycles. The fourth-order valence-electron chi connectivity index (χ4n) is 1.25. The Balaban J connectivity index is 2.24. The molecule has 4 N–H and O–H groups in total. The predicted octanol–water partition coefficient (Wildman–Crippen LogP) is 0.309. The molecule has 3 amide bonds. The minimum absolute atomic E-state index is 0.159. The van der Waals surface area contributed by atoms with Gasteiger partial charge in [0.2, 0.25) is 5.91 Å². The van der Waals surface area contributed by atoms with E-state index in [0.29, 0.717) is 0 Å². The van der Waals surface area contributed by atoms with Crippen LogP contribution in [0.15, 0.2) is 16.8 Å². The van der Waals surface area contributed by atoms with Gasteiger partial charge in [0.05, 0.1) is 12.6 Å². The van der Waals surface area contributed by atoms with Crippen molar-refractivity contribution >= 4 is 29.2 Å². The largest absolute Gasteiger partial charge is 0.480 e. The zero-order valence-corrected chi connectivity index (χ0v) is 11.1. The maximum Gasteiger partial charge on any atom is 0.322 e. The second kappa shape index (κ2) is 7.37. The first-order chi connectivity index (χ1) is 8.99. The van der Waals surface area contributed by atoms with E-state index in [0.717, 1.165) is 5.56 Å². The Bertz CT molecular complexity index is 447. The Hall–Kier alpha value is -2.09. The summed E-state index contributed by atoms with van der Waals surface area (Å²) < 4.78 is 0. The quantitative estimate of drug-likeness (QED) is 0.603. The molecule has 1 aromatic rings. The lowest BCUT2D eigenvalue weighted by molar-refractivity contribution is -0.137. The van der Waals surface area contributed by atoms with Crippen molar-refractivity contribution in [3.8, 4) is 0 Å². The monoisotopic (exact) mass is 285 g/mol. The predicted molar refractivity (Wildman–Crippen MR) is 69.9 cm³/mol. The third-order valence-corrected chi connectivity index (χ3v) is 2.94. The van der Waals surface area contributed by atoms with E-state index in [1.54, 1.807) is 0 Å². The molecule has 0 spiro atoms. The Morgan fingerprint density at radius 1 is 1.32 bits per heavy atom. The first kappa shape index (κ1) is 15.0. The molecule has 0 radical (unpaired) electrons. The topological polar surface area (TPSA) is 108 Å². The van der Waals surface area contributed by atoms with Crippen molar-refractivity contribution < 1.29 is 19.5 Å². The van der Waals surface area contributed by atoms with Gasteiger partial charge in [-0.3, -0.25) is 9.59 Å². The Morgan fingerprint density at radius 3 is 2.63 bits per heavy atom. The summed E-state index contributed by atoms with van der Waals surface area (Å²) in [7, 11) is 0. The molecule has 0 aromatic carbocycles. The molecule has 0 bridgehead atoms. The van der Waals surface area contributed by atoms with Crippen molar-refractivity contribution in [1.82, 2.24) is 16.0 Å². The third-order valence-electron chi connectivity index (χ3n) is 2.24. The van der Waals surface area contributed by atoms with E-state index in [-0.39, 0.29) is 12.6 Å². The molecule has 104 valence electrons. The van der Waals surface area contributed by atoms with Crippen molar-refractivity contribution in [3.63, 3.8) is 0 Å². The number of carbonyl (C=O) groups is 3. The summed E-state index contributed by atoms with van der Waals surface area (Å²) in [5.74, 6) is -1.69. The van der Waals surface area contributed by atoms with E-state index in [2.05, 4.69) is 16.0 Å². The second-order valence-electron chi connectivity index (χ2n) is 3.78. The number of amides is 3. The molecule has 19 heavy (non-hydrogen) atoms.